The number of hydrogen-bond donors (Lipinski definition) is 21. The summed E-state index contributed by atoms with van der Waals surface area (Å²) in [6.45, 7) is -8.35. The number of likely N-dealkylation sites (N-methyl/N-ethyl adjacent to an activating group) is 1. The minimum atomic E-state index is -2.26. The number of aliphatic hydroxyl groups excluding tert-OH is 15. The molecule has 0 saturated carbocycles. The van der Waals surface area contributed by atoms with Crippen molar-refractivity contribution in [3.05, 3.63) is 65.5 Å². The van der Waals surface area contributed by atoms with Crippen LogP contribution in [0.15, 0.2) is 0 Å². The van der Waals surface area contributed by atoms with E-state index in [0.717, 1.165) is 9.80 Å². The summed E-state index contributed by atoms with van der Waals surface area (Å²) >= 11 is 15.2. The molecule has 9 unspecified atom stereocenters. The van der Waals surface area contributed by atoms with Crippen molar-refractivity contribution in [3.63, 3.8) is 0 Å². The van der Waals surface area contributed by atoms with E-state index < -0.39 is 180 Å². The zero-order valence-electron chi connectivity index (χ0n) is 48.7. The van der Waals surface area contributed by atoms with Crippen LogP contribution in [0, 0.1) is 32.1 Å². The van der Waals surface area contributed by atoms with Crippen molar-refractivity contribution in [2.75, 3.05) is 116 Å². The second-order valence-electron chi connectivity index (χ2n) is 20.0. The lowest BCUT2D eigenvalue weighted by molar-refractivity contribution is -0.131. The number of nitrogens with one attached hydrogen (secondary N) is 6. The van der Waals surface area contributed by atoms with Gasteiger partial charge in [-0.3, -0.25) is 43.2 Å². The van der Waals surface area contributed by atoms with Crippen molar-refractivity contribution in [1.82, 2.24) is 30.7 Å². The topological polar surface area (TPSA) is 539 Å². The van der Waals surface area contributed by atoms with E-state index in [0.29, 0.717) is 0 Å². The number of rotatable bonds is 34. The summed E-state index contributed by atoms with van der Waals surface area (Å²) in [5, 5.41) is 164. The minimum absolute atomic E-state index is 0.00540. The molecule has 0 aliphatic carbocycles. The fourth-order valence-corrected chi connectivity index (χ4v) is 21.0. The van der Waals surface area contributed by atoms with Gasteiger partial charge in [0.2, 0.25) is 0 Å². The van der Waals surface area contributed by atoms with Gasteiger partial charge in [-0.05, 0) is 210 Å². The second kappa shape index (κ2) is 41.1. The zero-order valence-corrected chi connectivity index (χ0v) is 68.1. The number of hydrogen-bond acceptors (Lipinski definition) is 24. The van der Waals surface area contributed by atoms with Crippen LogP contribution in [-0.4, -0.2) is 299 Å². The molecule has 33 nitrogen and oxygen atoms in total. The molecule has 3 aromatic rings. The lowest BCUT2D eigenvalue weighted by Crippen LogP contribution is -2.43. The highest BCUT2D eigenvalue weighted by molar-refractivity contribution is 14.1. The smallest absolute Gasteiger partial charge is 0.256 e. The second-order valence-corrected chi connectivity index (χ2v) is 29.7. The first-order valence-corrected chi connectivity index (χ1v) is 36.6. The van der Waals surface area contributed by atoms with E-state index in [4.69, 9.17) is 0 Å². The van der Waals surface area contributed by atoms with Gasteiger partial charge in [-0.15, -0.1) is 0 Å². The van der Waals surface area contributed by atoms with Crippen molar-refractivity contribution >= 4 is 274 Å². The van der Waals surface area contributed by atoms with Gasteiger partial charge in [-0.25, -0.2) is 0 Å². The fourth-order valence-electron chi connectivity index (χ4n) is 7.82. The Hall–Kier alpha value is -1.14. The average molecular weight is 2340 g/mol. The van der Waals surface area contributed by atoms with Crippen LogP contribution in [0.1, 0.15) is 68.6 Å². The van der Waals surface area contributed by atoms with Gasteiger partial charge >= 0.3 is 0 Å². The Bertz CT molecular complexity index is 3310. The average Bonchev–Trinajstić information content (AvgIpc) is 0.779. The number of anilines is 3. The molecule has 9 amide bonds. The van der Waals surface area contributed by atoms with Gasteiger partial charge in [0.1, 0.15) is 18.3 Å². The van der Waals surface area contributed by atoms with Crippen LogP contribution in [0.25, 0.3) is 0 Å². The third kappa shape index (κ3) is 22.4. The molecule has 3 aromatic carbocycles. The van der Waals surface area contributed by atoms with Gasteiger partial charge in [-0.2, -0.15) is 0 Å². The van der Waals surface area contributed by atoms with Crippen molar-refractivity contribution in [3.8, 4) is 0 Å². The summed E-state index contributed by atoms with van der Waals surface area (Å²) in [6, 6.07) is 0. The van der Waals surface area contributed by atoms with Crippen LogP contribution in [0.4, 0.5) is 17.1 Å². The molecule has 0 saturated heterocycles. The molecule has 0 radical (unpaired) electrons. The van der Waals surface area contributed by atoms with Crippen LogP contribution >= 0.6 is 203 Å². The molecule has 0 heterocycles. The van der Waals surface area contributed by atoms with Crippen molar-refractivity contribution in [1.29, 1.82) is 0 Å². The maximum atomic E-state index is 15.6. The van der Waals surface area contributed by atoms with Gasteiger partial charge in [0.05, 0.1) is 130 Å². The van der Waals surface area contributed by atoms with Crippen LogP contribution in [0.2, 0.25) is 0 Å². The Morgan fingerprint density at radius 2 is 0.596 bits per heavy atom. The summed E-state index contributed by atoms with van der Waals surface area (Å²) in [4.78, 5) is 131. The van der Waals surface area contributed by atoms with E-state index >= 15 is 4.79 Å². The Labute approximate surface area is 657 Å². The van der Waals surface area contributed by atoms with Crippen LogP contribution in [0.3, 0.4) is 0 Å². The Morgan fingerprint density at radius 3 is 0.862 bits per heavy atom. The molecule has 42 heteroatoms. The Balaban J connectivity index is 2.37. The maximum absolute atomic E-state index is 15.6. The quantitative estimate of drug-likeness (QED) is 0.0261. The SMILES string of the molecule is CN(CCCN(CCN(C)C(=O)c1c(I)c(NC(=O)C(O)C(O)CO)c(I)c(C(=O)NCC(O)CO)c1I)C(=O)c1c(I)c(NC(=O)C(O)C(O)CO)c(I)c(C(=O)NCC(O)CO)c1I)C(=O)c1c(I)c(NC(=O)C(O)C(O)CO)c(I)c(C(=O)NCC(O)CO)c1I. The number of nitrogens with zero attached hydrogens (tertiary/aromatic N) is 3. The molecule has 0 bridgehead atoms. The summed E-state index contributed by atoms with van der Waals surface area (Å²) in [5.41, 5.74) is -2.19. The summed E-state index contributed by atoms with van der Waals surface area (Å²) in [7, 11) is 2.63. The van der Waals surface area contributed by atoms with Gasteiger partial charge in [0.15, 0.2) is 18.3 Å². The van der Waals surface area contributed by atoms with Crippen LogP contribution < -0.4 is 31.9 Å². The molecule has 9 atom stereocenters. The normalized spacial score (nSPS) is 14.2. The fraction of sp³-hybridized carbons (Fsp3) is 0.481. The van der Waals surface area contributed by atoms with Crippen molar-refractivity contribution in [2.24, 2.45) is 0 Å². The molecular weight excluding hydrogens is 2280 g/mol. The number of aliphatic hydroxyl groups is 15. The highest BCUT2D eigenvalue weighted by atomic mass is 127. The molecule has 94 heavy (non-hydrogen) atoms. The summed E-state index contributed by atoms with van der Waals surface area (Å²) in [6.07, 6.45) is -17.1. The number of halogens is 9. The van der Waals surface area contributed by atoms with E-state index in [1.165, 1.54) is 19.0 Å². The number of carbonyl (C=O) groups excluding carboxylic acids is 9. The summed E-state index contributed by atoms with van der Waals surface area (Å²) < 4.78 is -0.249. The molecule has 0 aromatic heterocycles. The predicted molar refractivity (Wildman–Crippen MR) is 408 cm³/mol. The molecule has 0 aliphatic heterocycles. The third-order valence-corrected chi connectivity index (χ3v) is 22.9. The molecule has 524 valence electrons. The molecule has 3 rings (SSSR count). The first kappa shape index (κ1) is 87.1. The van der Waals surface area contributed by atoms with Gasteiger partial charge < -0.3 is 123 Å². The van der Waals surface area contributed by atoms with E-state index in [1.807, 2.05) is 0 Å². The lowest BCUT2D eigenvalue weighted by atomic mass is 10.1. The summed E-state index contributed by atoms with van der Waals surface area (Å²) in [5.74, 6) is -9.18. The first-order valence-electron chi connectivity index (χ1n) is 26.9. The minimum Gasteiger partial charge on any atom is -0.394 e. The maximum Gasteiger partial charge on any atom is 0.256 e. The first-order chi connectivity index (χ1) is 44.0. The standard InChI is InChI=1S/C52H64I9N9O24/c1-68(50(92)26-29(53)23(44(86)62-8-17(77)11-71)32(56)38(35(26)59)65-47(89)41(83)20(80)14-74)4-3-5-70(52(94)28-31(55)25(46(88)64-10-19(79)13-73)34(58)40(37(28)61)67-49(91)43(85)22(82)16-76)7-6-69(2)51(93)27-30(54)24(45(87)63-9-18(78)12-72)33(57)39(36(27)60)66-48(90)42(84)21(81)15-75/h17-22,41-43,71-85H,3-16H2,1-2H3,(H,62,86)(H,63,87)(H,64,88)(H,65,89)(H,66,90)(H,67,91). The van der Waals surface area contributed by atoms with Crippen LogP contribution in [-0.2, 0) is 14.4 Å². The third-order valence-electron chi connectivity index (χ3n) is 13.2. The van der Waals surface area contributed by atoms with E-state index in [2.05, 4.69) is 31.9 Å². The monoisotopic (exact) mass is 2340 g/mol. The van der Waals surface area contributed by atoms with E-state index in [-0.39, 0.29) is 102 Å². The van der Waals surface area contributed by atoms with E-state index in [1.54, 1.807) is 203 Å². The van der Waals surface area contributed by atoms with Crippen molar-refractivity contribution in [2.45, 2.75) is 61.4 Å². The molecule has 0 aliphatic rings. The van der Waals surface area contributed by atoms with Gasteiger partial charge in [0, 0.05) is 70.6 Å². The Kier molecular flexibility index (Phi) is 38.1. The largest absolute Gasteiger partial charge is 0.394 e. The highest BCUT2D eigenvalue weighted by Gasteiger charge is 2.37. The number of benzene rings is 3. The molecular formula is C52H64I9N9O24. The molecule has 0 spiro atoms. The van der Waals surface area contributed by atoms with Crippen molar-refractivity contribution < 1.29 is 120 Å². The molecule has 0 fully saturated rings. The lowest BCUT2D eigenvalue weighted by Gasteiger charge is -2.30. The van der Waals surface area contributed by atoms with Crippen LogP contribution in [0.5, 0.6) is 0 Å². The Morgan fingerprint density at radius 1 is 0.340 bits per heavy atom. The number of amides is 9. The molecule has 21 N–H and O–H groups in total. The van der Waals surface area contributed by atoms with Gasteiger partial charge in [-0.1, -0.05) is 0 Å². The van der Waals surface area contributed by atoms with E-state index in [9.17, 15) is 115 Å². The van der Waals surface area contributed by atoms with Gasteiger partial charge in [0.25, 0.3) is 53.2 Å². The number of carbonyl (C=O) groups is 9. The zero-order chi connectivity index (χ0) is 71.7. The highest BCUT2D eigenvalue weighted by Crippen LogP contribution is 2.40. The predicted octanol–water partition coefficient (Wildman–Crippen LogP) is -3.29.